The molecule has 1 aromatic rings. The average Bonchev–Trinajstić information content (AvgIpc) is 2.72. The summed E-state index contributed by atoms with van der Waals surface area (Å²) in [4.78, 5) is 0. The van der Waals surface area contributed by atoms with Crippen LogP contribution in [-0.2, 0) is 13.1 Å². The number of thioether (sulfide) groups is 1. The molecule has 0 aliphatic carbocycles. The van der Waals surface area contributed by atoms with Gasteiger partial charge < -0.3 is 9.88 Å². The molecule has 0 fully saturated rings. The van der Waals surface area contributed by atoms with Crippen LogP contribution in [0.4, 0.5) is 0 Å². The minimum atomic E-state index is 0.762. The van der Waals surface area contributed by atoms with Gasteiger partial charge in [-0.05, 0) is 37.8 Å². The van der Waals surface area contributed by atoms with Crippen molar-refractivity contribution in [3.63, 3.8) is 0 Å². The predicted molar refractivity (Wildman–Crippen MR) is 69.4 cm³/mol. The van der Waals surface area contributed by atoms with Crippen molar-refractivity contribution in [2.75, 3.05) is 12.8 Å². The Morgan fingerprint density at radius 1 is 1.53 bits per heavy atom. The van der Waals surface area contributed by atoms with Crippen molar-refractivity contribution in [3.8, 4) is 0 Å². The highest BCUT2D eigenvalue weighted by Crippen LogP contribution is 2.08. The standard InChI is InChI=1S/C12H22N2S/c1-4-14-8-6-12(10-14)9-13-7-5-11(2)15-3/h6,8,10-11,13H,4-5,7,9H2,1-3H3. The van der Waals surface area contributed by atoms with E-state index in [9.17, 15) is 0 Å². The lowest BCUT2D eigenvalue weighted by atomic mass is 10.3. The summed E-state index contributed by atoms with van der Waals surface area (Å²) in [5, 5.41) is 4.24. The molecule has 0 amide bonds. The van der Waals surface area contributed by atoms with Gasteiger partial charge in [-0.3, -0.25) is 0 Å². The van der Waals surface area contributed by atoms with E-state index in [2.05, 4.69) is 48.4 Å². The maximum atomic E-state index is 3.48. The normalized spacial score (nSPS) is 13.0. The Kier molecular flexibility index (Phi) is 5.88. The molecule has 0 saturated carbocycles. The van der Waals surface area contributed by atoms with Crippen LogP contribution in [-0.4, -0.2) is 22.6 Å². The van der Waals surface area contributed by atoms with E-state index in [0.717, 1.165) is 24.9 Å². The molecule has 0 aliphatic heterocycles. The first-order valence-corrected chi connectivity index (χ1v) is 6.93. The van der Waals surface area contributed by atoms with Crippen molar-refractivity contribution >= 4 is 11.8 Å². The van der Waals surface area contributed by atoms with Crippen LogP contribution in [0.15, 0.2) is 18.5 Å². The summed E-state index contributed by atoms with van der Waals surface area (Å²) in [7, 11) is 0. The minimum Gasteiger partial charge on any atom is -0.354 e. The highest BCUT2D eigenvalue weighted by atomic mass is 32.2. The quantitative estimate of drug-likeness (QED) is 0.720. The number of nitrogens with one attached hydrogen (secondary N) is 1. The summed E-state index contributed by atoms with van der Waals surface area (Å²) in [6, 6.07) is 2.19. The summed E-state index contributed by atoms with van der Waals surface area (Å²) in [6.45, 7) is 7.61. The molecule has 0 bridgehead atoms. The van der Waals surface area contributed by atoms with Crippen LogP contribution < -0.4 is 5.32 Å². The van der Waals surface area contributed by atoms with Gasteiger partial charge in [0, 0.05) is 30.7 Å². The van der Waals surface area contributed by atoms with Crippen LogP contribution >= 0.6 is 11.8 Å². The number of hydrogen-bond acceptors (Lipinski definition) is 2. The average molecular weight is 226 g/mol. The first-order valence-electron chi connectivity index (χ1n) is 5.64. The molecule has 0 saturated heterocycles. The summed E-state index contributed by atoms with van der Waals surface area (Å²) < 4.78 is 2.21. The third-order valence-corrected chi connectivity index (χ3v) is 3.68. The van der Waals surface area contributed by atoms with E-state index >= 15 is 0 Å². The molecule has 0 aromatic carbocycles. The zero-order chi connectivity index (χ0) is 11.1. The van der Waals surface area contributed by atoms with E-state index in [4.69, 9.17) is 0 Å². The lowest BCUT2D eigenvalue weighted by Crippen LogP contribution is -2.17. The summed E-state index contributed by atoms with van der Waals surface area (Å²) in [6.07, 6.45) is 7.77. The number of aryl methyl sites for hydroxylation is 1. The summed E-state index contributed by atoms with van der Waals surface area (Å²) >= 11 is 1.93. The molecule has 1 atom stereocenters. The molecule has 2 nitrogen and oxygen atoms in total. The molecule has 1 aromatic heterocycles. The molecule has 1 unspecified atom stereocenters. The third-order valence-electron chi connectivity index (χ3n) is 2.64. The fraction of sp³-hybridized carbons (Fsp3) is 0.667. The largest absolute Gasteiger partial charge is 0.354 e. The van der Waals surface area contributed by atoms with E-state index in [1.165, 1.54) is 12.0 Å². The highest BCUT2D eigenvalue weighted by Gasteiger charge is 1.99. The Morgan fingerprint density at radius 2 is 2.33 bits per heavy atom. The smallest absolute Gasteiger partial charge is 0.0220 e. The van der Waals surface area contributed by atoms with Crippen molar-refractivity contribution in [2.24, 2.45) is 0 Å². The van der Waals surface area contributed by atoms with Crippen molar-refractivity contribution in [1.82, 2.24) is 9.88 Å². The molecule has 1 heterocycles. The summed E-state index contributed by atoms with van der Waals surface area (Å²) in [5.41, 5.74) is 1.38. The van der Waals surface area contributed by atoms with Crippen molar-refractivity contribution < 1.29 is 0 Å². The van der Waals surface area contributed by atoms with Gasteiger partial charge in [-0.2, -0.15) is 11.8 Å². The predicted octanol–water partition coefficient (Wildman–Crippen LogP) is 2.74. The van der Waals surface area contributed by atoms with Crippen molar-refractivity contribution in [2.45, 2.75) is 38.6 Å². The number of rotatable bonds is 7. The maximum Gasteiger partial charge on any atom is 0.0220 e. The van der Waals surface area contributed by atoms with Gasteiger partial charge in [-0.25, -0.2) is 0 Å². The van der Waals surface area contributed by atoms with E-state index < -0.39 is 0 Å². The van der Waals surface area contributed by atoms with Gasteiger partial charge in [-0.15, -0.1) is 0 Å². The van der Waals surface area contributed by atoms with Crippen LogP contribution in [0.2, 0.25) is 0 Å². The van der Waals surface area contributed by atoms with Crippen LogP contribution in [0.1, 0.15) is 25.8 Å². The highest BCUT2D eigenvalue weighted by molar-refractivity contribution is 7.99. The molecule has 0 radical (unpaired) electrons. The Morgan fingerprint density at radius 3 is 2.93 bits per heavy atom. The van der Waals surface area contributed by atoms with Crippen LogP contribution in [0.25, 0.3) is 0 Å². The summed E-state index contributed by atoms with van der Waals surface area (Å²) in [5.74, 6) is 0. The van der Waals surface area contributed by atoms with Gasteiger partial charge in [0.2, 0.25) is 0 Å². The molecule has 3 heteroatoms. The second-order valence-corrected chi connectivity index (χ2v) is 5.14. The van der Waals surface area contributed by atoms with Gasteiger partial charge in [0.25, 0.3) is 0 Å². The Bertz CT molecular complexity index is 270. The Balaban J connectivity index is 2.14. The van der Waals surface area contributed by atoms with Gasteiger partial charge in [0.15, 0.2) is 0 Å². The third kappa shape index (κ3) is 4.76. The van der Waals surface area contributed by atoms with E-state index in [-0.39, 0.29) is 0 Å². The Hall–Kier alpha value is -0.410. The van der Waals surface area contributed by atoms with E-state index in [1.54, 1.807) is 0 Å². The first kappa shape index (κ1) is 12.7. The van der Waals surface area contributed by atoms with Gasteiger partial charge in [-0.1, -0.05) is 6.92 Å². The second-order valence-electron chi connectivity index (χ2n) is 3.86. The topological polar surface area (TPSA) is 17.0 Å². The lowest BCUT2D eigenvalue weighted by Gasteiger charge is -2.08. The molecule has 1 N–H and O–H groups in total. The fourth-order valence-electron chi connectivity index (χ4n) is 1.45. The van der Waals surface area contributed by atoms with Crippen molar-refractivity contribution in [1.29, 1.82) is 0 Å². The van der Waals surface area contributed by atoms with Crippen LogP contribution in [0.3, 0.4) is 0 Å². The molecule has 0 spiro atoms. The molecular formula is C12H22N2S. The monoisotopic (exact) mass is 226 g/mol. The lowest BCUT2D eigenvalue weighted by molar-refractivity contribution is 0.646. The molecular weight excluding hydrogens is 204 g/mol. The Labute approximate surface area is 97.4 Å². The zero-order valence-electron chi connectivity index (χ0n) is 9.99. The molecule has 0 aliphatic rings. The first-order chi connectivity index (χ1) is 7.26. The van der Waals surface area contributed by atoms with Gasteiger partial charge in [0.05, 0.1) is 0 Å². The fourth-order valence-corrected chi connectivity index (χ4v) is 1.80. The van der Waals surface area contributed by atoms with Crippen molar-refractivity contribution in [3.05, 3.63) is 24.0 Å². The molecule has 15 heavy (non-hydrogen) atoms. The number of hydrogen-bond donors (Lipinski definition) is 1. The van der Waals surface area contributed by atoms with Crippen LogP contribution in [0.5, 0.6) is 0 Å². The maximum absolute atomic E-state index is 3.48. The molecule has 86 valence electrons. The second kappa shape index (κ2) is 6.96. The molecule has 1 rings (SSSR count). The van der Waals surface area contributed by atoms with E-state index in [0.29, 0.717) is 0 Å². The van der Waals surface area contributed by atoms with Crippen LogP contribution in [0, 0.1) is 0 Å². The number of nitrogens with zero attached hydrogens (tertiary/aromatic N) is 1. The van der Waals surface area contributed by atoms with Gasteiger partial charge in [0.1, 0.15) is 0 Å². The van der Waals surface area contributed by atoms with E-state index in [1.807, 2.05) is 11.8 Å². The minimum absolute atomic E-state index is 0.762. The zero-order valence-corrected chi connectivity index (χ0v) is 10.8. The number of aromatic nitrogens is 1. The SMILES string of the molecule is CCn1ccc(CNCCC(C)SC)c1. The van der Waals surface area contributed by atoms with Gasteiger partial charge >= 0.3 is 0 Å².